The number of carbonyl (C=O) groups excluding carboxylic acids is 1. The molecule has 2 aromatic rings. The average molecular weight is 258 g/mol. The molecule has 1 aromatic carbocycles. The van der Waals surface area contributed by atoms with E-state index in [0.29, 0.717) is 12.2 Å². The van der Waals surface area contributed by atoms with Gasteiger partial charge in [0.05, 0.1) is 5.69 Å². The molecule has 0 saturated carbocycles. The highest BCUT2D eigenvalue weighted by Crippen LogP contribution is 2.16. The second kappa shape index (κ2) is 5.14. The fourth-order valence-electron chi connectivity index (χ4n) is 2.01. The molecule has 0 unspecified atom stereocenters. The summed E-state index contributed by atoms with van der Waals surface area (Å²) in [6, 6.07) is 5.88. The zero-order valence-electron chi connectivity index (χ0n) is 11.4. The highest BCUT2D eigenvalue weighted by atomic mass is 16.2. The first kappa shape index (κ1) is 13.1. The van der Waals surface area contributed by atoms with Crippen LogP contribution in [0, 0.1) is 13.8 Å². The van der Waals surface area contributed by atoms with Crippen LogP contribution < -0.4 is 11.1 Å². The van der Waals surface area contributed by atoms with Gasteiger partial charge in [-0.15, -0.1) is 0 Å². The highest BCUT2D eigenvalue weighted by Gasteiger charge is 2.14. The monoisotopic (exact) mass is 258 g/mol. The van der Waals surface area contributed by atoms with E-state index in [1.165, 1.54) is 0 Å². The summed E-state index contributed by atoms with van der Waals surface area (Å²) >= 11 is 0. The molecule has 0 bridgehead atoms. The summed E-state index contributed by atoms with van der Waals surface area (Å²) in [6.45, 7) is 6.60. The van der Waals surface area contributed by atoms with E-state index in [1.54, 1.807) is 10.9 Å². The van der Waals surface area contributed by atoms with Crippen LogP contribution in [0.4, 0.5) is 11.4 Å². The topological polar surface area (TPSA) is 72.9 Å². The molecule has 5 nitrogen and oxygen atoms in total. The molecule has 2 rings (SSSR count). The number of anilines is 2. The number of hydrogen-bond acceptors (Lipinski definition) is 3. The van der Waals surface area contributed by atoms with Gasteiger partial charge in [0.15, 0.2) is 5.69 Å². The number of carbonyl (C=O) groups is 1. The number of amides is 1. The van der Waals surface area contributed by atoms with Gasteiger partial charge >= 0.3 is 0 Å². The molecule has 5 heteroatoms. The number of nitrogens with two attached hydrogens (primary N) is 1. The van der Waals surface area contributed by atoms with Gasteiger partial charge in [0.25, 0.3) is 5.91 Å². The predicted molar refractivity (Wildman–Crippen MR) is 76.2 cm³/mol. The summed E-state index contributed by atoms with van der Waals surface area (Å²) in [4.78, 5) is 12.1. The van der Waals surface area contributed by atoms with Crippen LogP contribution in [0.1, 0.15) is 28.5 Å². The first-order chi connectivity index (χ1) is 8.99. The minimum absolute atomic E-state index is 0.265. The third-order valence-electron chi connectivity index (χ3n) is 2.81. The van der Waals surface area contributed by atoms with Crippen LogP contribution in [-0.2, 0) is 6.54 Å². The van der Waals surface area contributed by atoms with Crippen LogP contribution in [0.5, 0.6) is 0 Å². The van der Waals surface area contributed by atoms with Gasteiger partial charge < -0.3 is 11.1 Å². The van der Waals surface area contributed by atoms with E-state index < -0.39 is 0 Å². The zero-order valence-corrected chi connectivity index (χ0v) is 11.4. The normalized spacial score (nSPS) is 10.5. The molecular formula is C14H18N4O. The first-order valence-corrected chi connectivity index (χ1v) is 6.22. The number of nitrogens with zero attached hydrogens (tertiary/aromatic N) is 2. The number of nitrogen functional groups attached to an aromatic ring is 1. The van der Waals surface area contributed by atoms with Crippen molar-refractivity contribution in [3.63, 3.8) is 0 Å². The van der Waals surface area contributed by atoms with E-state index >= 15 is 0 Å². The Hall–Kier alpha value is -2.30. The lowest BCUT2D eigenvalue weighted by Gasteiger charge is -2.06. The summed E-state index contributed by atoms with van der Waals surface area (Å²) in [5.41, 5.74) is 9.40. The molecule has 0 saturated heterocycles. The van der Waals surface area contributed by atoms with Crippen LogP contribution in [-0.4, -0.2) is 15.7 Å². The van der Waals surface area contributed by atoms with Gasteiger partial charge in [-0.25, -0.2) is 0 Å². The zero-order chi connectivity index (χ0) is 14.0. The smallest absolute Gasteiger partial charge is 0.278 e. The van der Waals surface area contributed by atoms with Crippen LogP contribution in [0.25, 0.3) is 0 Å². The molecule has 19 heavy (non-hydrogen) atoms. The van der Waals surface area contributed by atoms with Crippen molar-refractivity contribution < 1.29 is 4.79 Å². The van der Waals surface area contributed by atoms with Gasteiger partial charge in [0, 0.05) is 18.4 Å². The van der Waals surface area contributed by atoms with Gasteiger partial charge in [0.1, 0.15) is 0 Å². The number of rotatable bonds is 3. The Morgan fingerprint density at radius 1 is 1.32 bits per heavy atom. The van der Waals surface area contributed by atoms with E-state index in [4.69, 9.17) is 5.73 Å². The Balaban J connectivity index is 2.22. The third-order valence-corrected chi connectivity index (χ3v) is 2.81. The van der Waals surface area contributed by atoms with Crippen molar-refractivity contribution in [3.05, 3.63) is 41.2 Å². The maximum absolute atomic E-state index is 12.1. The Bertz CT molecular complexity index is 596. The molecule has 0 spiro atoms. The number of aromatic nitrogens is 2. The molecule has 1 heterocycles. The molecule has 0 aliphatic carbocycles. The fourth-order valence-corrected chi connectivity index (χ4v) is 2.01. The second-order valence-corrected chi connectivity index (χ2v) is 4.62. The van der Waals surface area contributed by atoms with Crippen molar-refractivity contribution >= 4 is 17.3 Å². The molecule has 0 radical (unpaired) electrons. The Kier molecular flexibility index (Phi) is 3.55. The summed E-state index contributed by atoms with van der Waals surface area (Å²) in [6.07, 6.45) is 1.66. The Morgan fingerprint density at radius 2 is 1.95 bits per heavy atom. The number of aryl methyl sites for hydroxylation is 3. The first-order valence-electron chi connectivity index (χ1n) is 6.22. The number of hydrogen-bond donors (Lipinski definition) is 2. The number of nitrogens with one attached hydrogen (secondary N) is 1. The second-order valence-electron chi connectivity index (χ2n) is 4.62. The van der Waals surface area contributed by atoms with Crippen LogP contribution in [0.2, 0.25) is 0 Å². The van der Waals surface area contributed by atoms with Crippen molar-refractivity contribution in [2.24, 2.45) is 0 Å². The van der Waals surface area contributed by atoms with Crippen LogP contribution in [0.3, 0.4) is 0 Å². The van der Waals surface area contributed by atoms with Gasteiger partial charge in [-0.2, -0.15) is 5.10 Å². The SMILES string of the molecule is CCn1cc(N)c(C(=O)Nc2cc(C)cc(C)c2)n1. The maximum Gasteiger partial charge on any atom is 0.278 e. The van der Waals surface area contributed by atoms with Crippen LogP contribution in [0.15, 0.2) is 24.4 Å². The highest BCUT2D eigenvalue weighted by molar-refractivity contribution is 6.06. The van der Waals surface area contributed by atoms with Gasteiger partial charge in [-0.1, -0.05) is 6.07 Å². The summed E-state index contributed by atoms with van der Waals surface area (Å²) < 4.78 is 1.64. The molecule has 3 N–H and O–H groups in total. The maximum atomic E-state index is 12.1. The van der Waals surface area contributed by atoms with E-state index in [2.05, 4.69) is 16.5 Å². The lowest BCUT2D eigenvalue weighted by molar-refractivity contribution is 0.102. The molecule has 1 aromatic heterocycles. The molecule has 0 aliphatic rings. The number of benzene rings is 1. The van der Waals surface area contributed by atoms with E-state index in [1.807, 2.05) is 32.9 Å². The largest absolute Gasteiger partial charge is 0.396 e. The van der Waals surface area contributed by atoms with Gasteiger partial charge in [-0.05, 0) is 44.0 Å². The van der Waals surface area contributed by atoms with Gasteiger partial charge in [-0.3, -0.25) is 9.48 Å². The van der Waals surface area contributed by atoms with Gasteiger partial charge in [0.2, 0.25) is 0 Å². The summed E-state index contributed by atoms with van der Waals surface area (Å²) in [7, 11) is 0. The quantitative estimate of drug-likeness (QED) is 0.887. The minimum Gasteiger partial charge on any atom is -0.396 e. The van der Waals surface area contributed by atoms with Crippen molar-refractivity contribution in [1.82, 2.24) is 9.78 Å². The van der Waals surface area contributed by atoms with Crippen molar-refractivity contribution in [2.45, 2.75) is 27.3 Å². The van der Waals surface area contributed by atoms with E-state index in [0.717, 1.165) is 16.8 Å². The van der Waals surface area contributed by atoms with E-state index in [9.17, 15) is 4.79 Å². The summed E-state index contributed by atoms with van der Waals surface area (Å²) in [5.74, 6) is -0.283. The van der Waals surface area contributed by atoms with Crippen molar-refractivity contribution in [3.8, 4) is 0 Å². The molecule has 100 valence electrons. The fraction of sp³-hybridized carbons (Fsp3) is 0.286. The summed E-state index contributed by atoms with van der Waals surface area (Å²) in [5, 5.41) is 6.97. The molecule has 0 aliphatic heterocycles. The molecular weight excluding hydrogens is 240 g/mol. The molecule has 0 atom stereocenters. The third kappa shape index (κ3) is 2.93. The Labute approximate surface area is 112 Å². The van der Waals surface area contributed by atoms with E-state index in [-0.39, 0.29) is 11.6 Å². The molecule has 0 fully saturated rings. The predicted octanol–water partition coefficient (Wildman–Crippen LogP) is 2.35. The molecule has 1 amide bonds. The minimum atomic E-state index is -0.283. The van der Waals surface area contributed by atoms with Crippen molar-refractivity contribution in [1.29, 1.82) is 0 Å². The lowest BCUT2D eigenvalue weighted by Crippen LogP contribution is -2.15. The van der Waals surface area contributed by atoms with Crippen molar-refractivity contribution in [2.75, 3.05) is 11.1 Å². The lowest BCUT2D eigenvalue weighted by atomic mass is 10.1. The average Bonchev–Trinajstić information content (AvgIpc) is 2.69. The standard InChI is InChI=1S/C14H18N4O/c1-4-18-8-12(15)13(17-18)14(19)16-11-6-9(2)5-10(3)7-11/h5-8H,4,15H2,1-3H3,(H,16,19). The van der Waals surface area contributed by atoms with Crippen LogP contribution >= 0.6 is 0 Å². The Morgan fingerprint density at radius 3 is 2.47 bits per heavy atom.